The Bertz CT molecular complexity index is 333. The molecule has 0 aromatic heterocycles. The molecule has 0 N–H and O–H groups in total. The molecular formula is C6H5N3O9Sn. The topological polar surface area (TPSA) is 199 Å². The summed E-state index contributed by atoms with van der Waals surface area (Å²) in [5.74, 6) is 0. The molecule has 0 bridgehead atoms. The van der Waals surface area contributed by atoms with Crippen molar-refractivity contribution in [1.82, 2.24) is 0 Å². The van der Waals surface area contributed by atoms with E-state index in [1.54, 1.807) is 0 Å². The zero-order chi connectivity index (χ0) is 15.8. The van der Waals surface area contributed by atoms with Crippen molar-refractivity contribution in [2.24, 2.45) is 0 Å². The molecule has 0 saturated carbocycles. The first-order chi connectivity index (χ1) is 8.59. The molecule has 0 aliphatic rings. The molecule has 0 fully saturated rings. The van der Waals surface area contributed by atoms with Crippen LogP contribution in [0.2, 0.25) is 0 Å². The molecule has 0 heterocycles. The molecule has 102 valence electrons. The minimum atomic E-state index is -1.75. The number of benzene rings is 1. The molecule has 0 spiro atoms. The second kappa shape index (κ2) is 15.6. The third kappa shape index (κ3) is 91.8. The van der Waals surface area contributed by atoms with Crippen molar-refractivity contribution in [1.29, 1.82) is 0 Å². The Morgan fingerprint density at radius 1 is 0.684 bits per heavy atom. The van der Waals surface area contributed by atoms with Crippen LogP contribution in [0.5, 0.6) is 0 Å². The number of hydrogen-bond acceptors (Lipinski definition) is 9. The van der Waals surface area contributed by atoms with Gasteiger partial charge in [0.1, 0.15) is 0 Å². The van der Waals surface area contributed by atoms with Crippen LogP contribution in [-0.4, -0.2) is 37.8 Å². The summed E-state index contributed by atoms with van der Waals surface area (Å²) in [7, 11) is 0. The summed E-state index contributed by atoms with van der Waals surface area (Å²) in [5.41, 5.74) is 0. The van der Waals surface area contributed by atoms with Gasteiger partial charge in [0.2, 0.25) is 0 Å². The summed E-state index contributed by atoms with van der Waals surface area (Å²) in [4.78, 5) is 24.8. The molecule has 13 heteroatoms. The van der Waals surface area contributed by atoms with Gasteiger partial charge in [0.05, 0.1) is 15.3 Å². The van der Waals surface area contributed by atoms with Gasteiger partial charge in [-0.2, -0.15) is 0 Å². The average molecular weight is 382 g/mol. The van der Waals surface area contributed by atoms with Gasteiger partial charge in [-0.15, -0.1) is 0 Å². The minimum absolute atomic E-state index is 1.41. The van der Waals surface area contributed by atoms with Crippen molar-refractivity contribution in [3.05, 3.63) is 76.3 Å². The van der Waals surface area contributed by atoms with E-state index >= 15 is 0 Å². The molecule has 0 aliphatic carbocycles. The maximum absolute atomic E-state index is 8.25. The summed E-state index contributed by atoms with van der Waals surface area (Å²) in [6.07, 6.45) is 0. The Morgan fingerprint density at radius 2 is 0.895 bits per heavy atom. The fraction of sp³-hybridized carbons (Fsp3) is 0. The third-order valence-corrected chi connectivity index (χ3v) is 1.73. The molecule has 12 nitrogen and oxygen atoms in total. The van der Waals surface area contributed by atoms with Crippen molar-refractivity contribution in [3.8, 4) is 0 Å². The van der Waals surface area contributed by atoms with E-state index in [1.807, 2.05) is 6.07 Å². The van der Waals surface area contributed by atoms with E-state index in [9.17, 15) is 0 Å². The molecule has 0 amide bonds. The molecule has 1 aromatic carbocycles. The molecule has 0 atom stereocenters. The van der Waals surface area contributed by atoms with Crippen molar-refractivity contribution in [2.45, 2.75) is 0 Å². The van der Waals surface area contributed by atoms with Crippen LogP contribution in [-0.2, 0) is 0 Å². The molecule has 0 aliphatic heterocycles. The fourth-order valence-electron chi connectivity index (χ4n) is 0.438. The van der Waals surface area contributed by atoms with Crippen LogP contribution in [0.1, 0.15) is 0 Å². The van der Waals surface area contributed by atoms with Crippen LogP contribution in [0.15, 0.2) is 30.3 Å². The standard InChI is InChI=1S/C6H5.3NO3.Sn/c1-2-4-6-5-3-1;3*2-1(3)4;/h1-5H;;;;/q;3*-1;+3. The van der Waals surface area contributed by atoms with Gasteiger partial charge >= 0.3 is 56.4 Å². The SMILES string of the molecule is O=[N+]([O-])[O-].O=[N+]([O-])[O-].O=[N+]([O-])[O-].[Sn+3][c]1ccccc1. The Labute approximate surface area is 118 Å². The summed E-state index contributed by atoms with van der Waals surface area (Å²) >= 11 is 1.49. The van der Waals surface area contributed by atoms with Gasteiger partial charge in [-0.1, -0.05) is 0 Å². The number of nitrogens with zero attached hydrogens (tertiary/aromatic N) is 3. The molecule has 0 unspecified atom stereocenters. The van der Waals surface area contributed by atoms with Crippen LogP contribution in [0, 0.1) is 46.0 Å². The summed E-state index contributed by atoms with van der Waals surface area (Å²) in [6, 6.07) is 10.4. The first-order valence-electron chi connectivity index (χ1n) is 3.80. The van der Waals surface area contributed by atoms with E-state index < -0.39 is 15.3 Å². The molecular weight excluding hydrogens is 377 g/mol. The Morgan fingerprint density at radius 3 is 1.00 bits per heavy atom. The zero-order valence-electron chi connectivity index (χ0n) is 8.90. The first-order valence-corrected chi connectivity index (χ1v) is 5.23. The van der Waals surface area contributed by atoms with E-state index in [0.717, 1.165) is 0 Å². The van der Waals surface area contributed by atoms with Crippen LogP contribution >= 0.6 is 0 Å². The number of hydrogen-bond donors (Lipinski definition) is 0. The van der Waals surface area contributed by atoms with E-state index in [0.29, 0.717) is 0 Å². The van der Waals surface area contributed by atoms with Crippen molar-refractivity contribution < 1.29 is 15.3 Å². The molecule has 1 aromatic rings. The van der Waals surface area contributed by atoms with E-state index in [4.69, 9.17) is 46.0 Å². The van der Waals surface area contributed by atoms with Crippen molar-refractivity contribution in [2.75, 3.05) is 0 Å². The van der Waals surface area contributed by atoms with Crippen molar-refractivity contribution >= 4 is 26.1 Å². The predicted octanol–water partition coefficient (Wildman–Crippen LogP) is -0.237. The van der Waals surface area contributed by atoms with E-state index in [1.165, 1.54) is 26.1 Å². The Kier molecular flexibility index (Phi) is 18.0. The zero-order valence-corrected chi connectivity index (χ0v) is 11.8. The quantitative estimate of drug-likeness (QED) is 0.330. The van der Waals surface area contributed by atoms with Gasteiger partial charge in [-0.05, 0) is 0 Å². The normalized spacial score (nSPS) is 7.05. The molecule has 0 radical (unpaired) electrons. The summed E-state index contributed by atoms with van der Waals surface area (Å²) in [6.45, 7) is 0. The van der Waals surface area contributed by atoms with Crippen LogP contribution in [0.25, 0.3) is 0 Å². The van der Waals surface area contributed by atoms with Crippen LogP contribution in [0.4, 0.5) is 0 Å². The fourth-order valence-corrected chi connectivity index (χ4v) is 0.987. The van der Waals surface area contributed by atoms with Gasteiger partial charge in [-0.25, -0.2) is 0 Å². The van der Waals surface area contributed by atoms with Gasteiger partial charge in [0.25, 0.3) is 0 Å². The summed E-state index contributed by atoms with van der Waals surface area (Å²) < 4.78 is 1.41. The van der Waals surface area contributed by atoms with E-state index in [2.05, 4.69) is 24.3 Å². The van der Waals surface area contributed by atoms with E-state index in [-0.39, 0.29) is 0 Å². The van der Waals surface area contributed by atoms with Gasteiger partial charge in [0.15, 0.2) is 0 Å². The molecule has 1 rings (SSSR count). The average Bonchev–Trinajstić information content (AvgIpc) is 2.15. The Balaban J connectivity index is -0.000000189. The first kappa shape index (κ1) is 21.9. The maximum atomic E-state index is 8.25. The van der Waals surface area contributed by atoms with Gasteiger partial charge in [-0.3, -0.25) is 0 Å². The van der Waals surface area contributed by atoms with Crippen LogP contribution in [0.3, 0.4) is 0 Å². The van der Waals surface area contributed by atoms with Gasteiger partial charge < -0.3 is 46.0 Å². The van der Waals surface area contributed by atoms with Crippen LogP contribution < -0.4 is 3.58 Å². The summed E-state index contributed by atoms with van der Waals surface area (Å²) in [5, 5.41) is 44.2. The monoisotopic (exact) mass is 383 g/mol. The third-order valence-electron chi connectivity index (χ3n) is 0.774. The molecule has 0 saturated heterocycles. The Hall–Kier alpha value is -2.38. The number of rotatable bonds is 0. The second-order valence-electron chi connectivity index (χ2n) is 2.04. The predicted molar refractivity (Wildman–Crippen MR) is 62.9 cm³/mol. The van der Waals surface area contributed by atoms with Crippen molar-refractivity contribution in [3.63, 3.8) is 0 Å². The molecule has 19 heavy (non-hydrogen) atoms. The van der Waals surface area contributed by atoms with Gasteiger partial charge in [0, 0.05) is 0 Å². The second-order valence-corrected chi connectivity index (χ2v) is 3.68.